The van der Waals surface area contributed by atoms with Gasteiger partial charge < -0.3 is 24.9 Å². The molecule has 0 bridgehead atoms. The van der Waals surface area contributed by atoms with Gasteiger partial charge in [0.05, 0.1) is 18.4 Å². The monoisotopic (exact) mass is 476 g/mol. The smallest absolute Gasteiger partial charge is 0.193 e. The zero-order chi connectivity index (χ0) is 24.4. The molecular weight excluding hydrogens is 443 g/mol. The van der Waals surface area contributed by atoms with Crippen LogP contribution in [0.2, 0.25) is 0 Å². The van der Waals surface area contributed by atoms with Crippen molar-refractivity contribution in [3.05, 3.63) is 23.0 Å². The fraction of sp³-hybridized carbons (Fsp3) is 0.760. The number of ether oxygens (including phenoxy) is 2. The first-order valence-corrected chi connectivity index (χ1v) is 12.2. The molecule has 186 valence electrons. The van der Waals surface area contributed by atoms with Crippen LogP contribution in [0.25, 0.3) is 6.08 Å². The fourth-order valence-electron chi connectivity index (χ4n) is 8.90. The van der Waals surface area contributed by atoms with Gasteiger partial charge in [0, 0.05) is 16.4 Å². The zero-order valence-electron chi connectivity index (χ0n) is 20.0. The van der Waals surface area contributed by atoms with Crippen LogP contribution in [0.3, 0.4) is 0 Å². The number of aliphatic hydroxyl groups is 2. The number of rotatable bonds is 2. The lowest BCUT2D eigenvalue weighted by molar-refractivity contribution is -0.228. The quantitative estimate of drug-likeness (QED) is 0.561. The molecule has 2 heterocycles. The third-order valence-corrected chi connectivity index (χ3v) is 9.93. The van der Waals surface area contributed by atoms with E-state index in [-0.39, 0.29) is 24.2 Å². The Labute approximate surface area is 197 Å². The average Bonchev–Trinajstić information content (AvgIpc) is 3.32. The summed E-state index contributed by atoms with van der Waals surface area (Å²) in [7, 11) is 0. The summed E-state index contributed by atoms with van der Waals surface area (Å²) in [5.41, 5.74) is -0.915. The van der Waals surface area contributed by atoms with Gasteiger partial charge >= 0.3 is 0 Å². The van der Waals surface area contributed by atoms with Crippen LogP contribution in [0.15, 0.2) is 11.8 Å². The van der Waals surface area contributed by atoms with E-state index in [2.05, 4.69) is 5.10 Å². The van der Waals surface area contributed by atoms with E-state index in [1.54, 1.807) is 26.1 Å². The molecule has 3 N–H and O–H groups in total. The Hall–Kier alpha value is -1.81. The highest BCUT2D eigenvalue weighted by Crippen LogP contribution is 2.70. The molecule has 1 aromatic heterocycles. The SMILES string of the molecule is CC1(C)O[C@@H]2C[C@H]3[C@@H]4C[C@H](F)C5=Cc6c(cnn6O)C[C@]5(C)[C@H]4[C@@H](O)C[C@]3(C)[C@]2(C(=O)CO)O1. The molecule has 9 atom stereocenters. The maximum absolute atomic E-state index is 15.9. The van der Waals surface area contributed by atoms with Crippen LogP contribution in [0.1, 0.15) is 58.2 Å². The lowest BCUT2D eigenvalue weighted by atomic mass is 9.45. The molecular formula is C25H33FN2O6. The minimum Gasteiger partial charge on any atom is -0.411 e. The first-order chi connectivity index (χ1) is 15.9. The highest BCUT2D eigenvalue weighted by Gasteiger charge is 2.77. The number of ketones is 1. The molecule has 1 saturated heterocycles. The molecule has 6 rings (SSSR count). The van der Waals surface area contributed by atoms with Crippen molar-refractivity contribution in [1.82, 2.24) is 9.94 Å². The van der Waals surface area contributed by atoms with Crippen LogP contribution in [0.4, 0.5) is 4.39 Å². The van der Waals surface area contributed by atoms with E-state index >= 15 is 4.39 Å². The van der Waals surface area contributed by atoms with Crippen molar-refractivity contribution in [2.75, 3.05) is 6.61 Å². The number of hydrogen-bond donors (Lipinski definition) is 3. The molecule has 8 nitrogen and oxygen atoms in total. The minimum absolute atomic E-state index is 0.115. The number of aromatic nitrogens is 2. The van der Waals surface area contributed by atoms with Gasteiger partial charge in [0.2, 0.25) is 0 Å². The number of carbonyl (C=O) groups is 1. The van der Waals surface area contributed by atoms with Crippen LogP contribution in [-0.4, -0.2) is 67.5 Å². The summed E-state index contributed by atoms with van der Waals surface area (Å²) >= 11 is 0. The van der Waals surface area contributed by atoms with Crippen LogP contribution >= 0.6 is 0 Å². The Morgan fingerprint density at radius 2 is 2.03 bits per heavy atom. The Morgan fingerprint density at radius 3 is 2.74 bits per heavy atom. The number of Topliss-reactive ketones (excluding diaryl/α,β-unsaturated/α-hetero) is 1. The van der Waals surface area contributed by atoms with Crippen molar-refractivity contribution < 1.29 is 34.1 Å². The van der Waals surface area contributed by atoms with Crippen LogP contribution in [0.5, 0.6) is 0 Å². The topological polar surface area (TPSA) is 114 Å². The van der Waals surface area contributed by atoms with Crippen LogP contribution < -0.4 is 0 Å². The predicted molar refractivity (Wildman–Crippen MR) is 117 cm³/mol. The molecule has 0 aromatic carbocycles. The lowest BCUT2D eigenvalue weighted by Crippen LogP contribution is -2.65. The summed E-state index contributed by atoms with van der Waals surface area (Å²) in [6.07, 6.45) is 2.20. The zero-order valence-corrected chi connectivity index (χ0v) is 20.0. The van der Waals surface area contributed by atoms with Crippen molar-refractivity contribution in [2.45, 2.75) is 83.1 Å². The Balaban J connectivity index is 1.45. The van der Waals surface area contributed by atoms with Gasteiger partial charge in [-0.1, -0.05) is 13.8 Å². The van der Waals surface area contributed by atoms with Crippen molar-refractivity contribution in [1.29, 1.82) is 0 Å². The molecule has 1 aliphatic heterocycles. The van der Waals surface area contributed by atoms with Crippen molar-refractivity contribution in [3.8, 4) is 0 Å². The van der Waals surface area contributed by atoms with E-state index in [0.29, 0.717) is 30.5 Å². The lowest BCUT2D eigenvalue weighted by Gasteiger charge is -2.61. The Bertz CT molecular complexity index is 1100. The molecule has 4 fully saturated rings. The number of hydrogen-bond acceptors (Lipinski definition) is 7. The molecule has 9 heteroatoms. The number of allylic oxidation sites excluding steroid dienone is 1. The molecule has 0 spiro atoms. The van der Waals surface area contributed by atoms with Gasteiger partial charge in [-0.15, -0.1) is 9.94 Å². The van der Waals surface area contributed by atoms with Crippen molar-refractivity contribution in [2.24, 2.45) is 28.6 Å². The van der Waals surface area contributed by atoms with E-state index in [1.807, 2.05) is 13.8 Å². The van der Waals surface area contributed by atoms with E-state index in [4.69, 9.17) is 9.47 Å². The average molecular weight is 477 g/mol. The largest absolute Gasteiger partial charge is 0.411 e. The highest BCUT2D eigenvalue weighted by molar-refractivity contribution is 5.91. The van der Waals surface area contributed by atoms with E-state index < -0.39 is 53.0 Å². The number of fused-ring (bicyclic) bond motifs is 8. The third kappa shape index (κ3) is 2.51. The highest BCUT2D eigenvalue weighted by atomic mass is 19.1. The molecule has 5 aliphatic rings. The van der Waals surface area contributed by atoms with Gasteiger partial charge in [0.15, 0.2) is 17.2 Å². The number of halogens is 1. The van der Waals surface area contributed by atoms with Gasteiger partial charge in [-0.25, -0.2) is 4.39 Å². The van der Waals surface area contributed by atoms with E-state index in [0.717, 1.165) is 10.4 Å². The second-order valence-corrected chi connectivity index (χ2v) is 12.0. The summed E-state index contributed by atoms with van der Waals surface area (Å²) in [6, 6.07) is 0. The van der Waals surface area contributed by atoms with Crippen molar-refractivity contribution >= 4 is 11.9 Å². The second-order valence-electron chi connectivity index (χ2n) is 12.0. The van der Waals surface area contributed by atoms with E-state index in [9.17, 15) is 20.2 Å². The predicted octanol–water partition coefficient (Wildman–Crippen LogP) is 2.28. The molecule has 4 aliphatic carbocycles. The first-order valence-electron chi connectivity index (χ1n) is 12.2. The molecule has 3 saturated carbocycles. The number of aliphatic hydroxyl groups excluding tert-OH is 2. The normalized spacial score (nSPS) is 48.3. The third-order valence-electron chi connectivity index (χ3n) is 9.93. The van der Waals surface area contributed by atoms with Crippen molar-refractivity contribution in [3.63, 3.8) is 0 Å². The number of alkyl halides is 1. The van der Waals surface area contributed by atoms with Crippen LogP contribution in [0, 0.1) is 28.6 Å². The maximum Gasteiger partial charge on any atom is 0.193 e. The summed E-state index contributed by atoms with van der Waals surface area (Å²) in [5.74, 6) is -1.97. The van der Waals surface area contributed by atoms with Gasteiger partial charge in [-0.05, 0) is 68.9 Å². The standard InChI is InChI=1S/C25H33FN2O6/c1-22(2)33-20-7-14-13-5-16(26)15-6-17-12(10-27-28(17)32)8-23(15,3)21(13)18(30)9-24(14,4)25(20,34-22)19(31)11-29/h6,10,13-14,16,18,20-21,29-30,32H,5,7-9,11H2,1-4H3/t13-,14-,16-,18-,20+,21+,23-,24-,25+/m0/s1. The van der Waals surface area contributed by atoms with Crippen LogP contribution in [-0.2, 0) is 20.7 Å². The summed E-state index contributed by atoms with van der Waals surface area (Å²) in [6.45, 7) is 6.80. The summed E-state index contributed by atoms with van der Waals surface area (Å²) in [4.78, 5) is 14.1. The molecule has 0 amide bonds. The fourth-order valence-corrected chi connectivity index (χ4v) is 8.90. The van der Waals surface area contributed by atoms with Gasteiger partial charge in [0.1, 0.15) is 18.5 Å². The maximum atomic E-state index is 15.9. The molecule has 1 aromatic rings. The molecule has 0 radical (unpaired) electrons. The number of nitrogens with zero attached hydrogens (tertiary/aromatic N) is 2. The Morgan fingerprint density at radius 1 is 1.29 bits per heavy atom. The summed E-state index contributed by atoms with van der Waals surface area (Å²) < 4.78 is 28.4. The first kappa shape index (κ1) is 22.6. The van der Waals surface area contributed by atoms with E-state index in [1.165, 1.54) is 0 Å². The second kappa shape index (κ2) is 6.69. The molecule has 0 unspecified atom stereocenters. The van der Waals surface area contributed by atoms with Gasteiger partial charge in [0.25, 0.3) is 0 Å². The van der Waals surface area contributed by atoms with Gasteiger partial charge in [-0.2, -0.15) is 0 Å². The summed E-state index contributed by atoms with van der Waals surface area (Å²) in [5, 5.41) is 35.6. The molecule has 34 heavy (non-hydrogen) atoms. The van der Waals surface area contributed by atoms with Gasteiger partial charge in [-0.3, -0.25) is 4.79 Å². The minimum atomic E-state index is -1.37. The number of carbonyl (C=O) groups excluding carboxylic acids is 1. The Kier molecular flexibility index (Phi) is 4.45.